The van der Waals surface area contributed by atoms with E-state index in [-0.39, 0.29) is 29.1 Å². The molecular formula is C33H39Cl2N3O5S. The first-order valence-electron chi connectivity index (χ1n) is 14.8. The highest BCUT2D eigenvalue weighted by atomic mass is 35.5. The predicted octanol–water partition coefficient (Wildman–Crippen LogP) is 6.76. The van der Waals surface area contributed by atoms with Crippen molar-refractivity contribution >= 4 is 50.7 Å². The molecule has 0 aromatic heterocycles. The van der Waals surface area contributed by atoms with Crippen molar-refractivity contribution in [3.05, 3.63) is 87.9 Å². The fourth-order valence-corrected chi connectivity index (χ4v) is 7.30. The van der Waals surface area contributed by atoms with Crippen LogP contribution < -0.4 is 14.4 Å². The van der Waals surface area contributed by atoms with Gasteiger partial charge in [-0.05, 0) is 68.1 Å². The van der Waals surface area contributed by atoms with Gasteiger partial charge in [0.2, 0.25) is 11.8 Å². The minimum absolute atomic E-state index is 0.0119. The Kier molecular flexibility index (Phi) is 11.6. The lowest BCUT2D eigenvalue weighted by molar-refractivity contribution is -0.140. The van der Waals surface area contributed by atoms with Crippen LogP contribution in [0.1, 0.15) is 56.6 Å². The van der Waals surface area contributed by atoms with Crippen molar-refractivity contribution in [3.63, 3.8) is 0 Å². The molecule has 0 bridgehead atoms. The molecule has 1 atom stereocenters. The smallest absolute Gasteiger partial charge is 0.264 e. The lowest BCUT2D eigenvalue weighted by Gasteiger charge is -2.34. The number of hydrogen-bond donors (Lipinski definition) is 1. The lowest BCUT2D eigenvalue weighted by Crippen LogP contribution is -2.54. The highest BCUT2D eigenvalue weighted by molar-refractivity contribution is 7.92. The van der Waals surface area contributed by atoms with Gasteiger partial charge in [-0.1, -0.05) is 79.2 Å². The number of nitrogens with one attached hydrogen (secondary N) is 1. The summed E-state index contributed by atoms with van der Waals surface area (Å²) < 4.78 is 34.6. The molecule has 1 aliphatic rings. The summed E-state index contributed by atoms with van der Waals surface area (Å²) in [6, 6.07) is 17.1. The second-order valence-corrected chi connectivity index (χ2v) is 13.8. The Hall–Kier alpha value is -3.27. The molecule has 1 fully saturated rings. The predicted molar refractivity (Wildman–Crippen MR) is 175 cm³/mol. The van der Waals surface area contributed by atoms with E-state index in [0.29, 0.717) is 27.8 Å². The average Bonchev–Trinajstić information content (AvgIpc) is 3.01. The summed E-state index contributed by atoms with van der Waals surface area (Å²) in [5.41, 5.74) is 1.74. The van der Waals surface area contributed by atoms with Gasteiger partial charge >= 0.3 is 0 Å². The van der Waals surface area contributed by atoms with E-state index in [4.69, 9.17) is 27.9 Å². The van der Waals surface area contributed by atoms with Gasteiger partial charge in [0.05, 0.1) is 17.7 Å². The quantitative estimate of drug-likeness (QED) is 0.232. The average molecular weight is 661 g/mol. The number of benzene rings is 3. The number of carbonyl (C=O) groups is 2. The van der Waals surface area contributed by atoms with Crippen LogP contribution in [0.25, 0.3) is 0 Å². The molecule has 3 aromatic rings. The van der Waals surface area contributed by atoms with Crippen LogP contribution in [0.2, 0.25) is 10.0 Å². The first kappa shape index (κ1) is 33.6. The van der Waals surface area contributed by atoms with Crippen LogP contribution in [-0.4, -0.2) is 50.9 Å². The van der Waals surface area contributed by atoms with Crippen molar-refractivity contribution < 1.29 is 22.7 Å². The SMILES string of the molecule is CCC(C(=O)NC1CCCCC1)N(Cc1ccc(Cl)cc1Cl)C(=O)CN(c1cccc(OC)c1)S(=O)(=O)c1ccc(C)cc1. The van der Waals surface area contributed by atoms with E-state index in [2.05, 4.69) is 5.32 Å². The molecule has 1 N–H and O–H groups in total. The number of amides is 2. The van der Waals surface area contributed by atoms with E-state index in [9.17, 15) is 18.0 Å². The van der Waals surface area contributed by atoms with Crippen molar-refractivity contribution in [1.29, 1.82) is 0 Å². The number of anilines is 1. The van der Waals surface area contributed by atoms with Crippen molar-refractivity contribution in [2.45, 2.75) is 75.9 Å². The topological polar surface area (TPSA) is 96.0 Å². The van der Waals surface area contributed by atoms with Crippen molar-refractivity contribution in [2.24, 2.45) is 0 Å². The van der Waals surface area contributed by atoms with Crippen LogP contribution in [0.3, 0.4) is 0 Å². The van der Waals surface area contributed by atoms with E-state index >= 15 is 0 Å². The molecule has 0 aliphatic heterocycles. The molecule has 8 nitrogen and oxygen atoms in total. The Morgan fingerprint density at radius 1 is 1.00 bits per heavy atom. The van der Waals surface area contributed by atoms with Gasteiger partial charge in [0.25, 0.3) is 10.0 Å². The van der Waals surface area contributed by atoms with E-state index in [1.807, 2.05) is 13.8 Å². The number of carbonyl (C=O) groups excluding carboxylic acids is 2. The third kappa shape index (κ3) is 8.25. The van der Waals surface area contributed by atoms with E-state index in [1.165, 1.54) is 24.1 Å². The van der Waals surface area contributed by atoms with Gasteiger partial charge in [0.15, 0.2) is 0 Å². The van der Waals surface area contributed by atoms with Crippen LogP contribution in [0.15, 0.2) is 71.6 Å². The van der Waals surface area contributed by atoms with E-state index in [0.717, 1.165) is 42.0 Å². The summed E-state index contributed by atoms with van der Waals surface area (Å²) in [5.74, 6) is -0.394. The van der Waals surface area contributed by atoms with Gasteiger partial charge in [-0.15, -0.1) is 0 Å². The zero-order valence-electron chi connectivity index (χ0n) is 25.3. The molecule has 11 heteroatoms. The molecule has 1 unspecified atom stereocenters. The van der Waals surface area contributed by atoms with Crippen LogP contribution >= 0.6 is 23.2 Å². The van der Waals surface area contributed by atoms with Crippen molar-refractivity contribution in [3.8, 4) is 5.75 Å². The summed E-state index contributed by atoms with van der Waals surface area (Å²) in [4.78, 5) is 29.5. The van der Waals surface area contributed by atoms with Crippen LogP contribution in [-0.2, 0) is 26.2 Å². The maximum atomic E-state index is 14.3. The second-order valence-electron chi connectivity index (χ2n) is 11.1. The molecule has 0 heterocycles. The maximum absolute atomic E-state index is 14.3. The monoisotopic (exact) mass is 659 g/mol. The van der Waals surface area contributed by atoms with Gasteiger partial charge in [-0.3, -0.25) is 13.9 Å². The standard InChI is InChI=1S/C33H39Cl2N3O5S/c1-4-31(33(40)36-26-9-6-5-7-10-26)37(21-24-15-16-25(34)19-30(24)35)32(39)22-38(27-11-8-12-28(20-27)43-3)44(41,42)29-17-13-23(2)14-18-29/h8,11-20,26,31H,4-7,9-10,21-22H2,1-3H3,(H,36,40). The Balaban J connectivity index is 1.74. The molecule has 1 aliphatic carbocycles. The summed E-state index contributed by atoms with van der Waals surface area (Å²) in [6.07, 6.45) is 5.31. The minimum atomic E-state index is -4.20. The number of hydrogen-bond acceptors (Lipinski definition) is 5. The maximum Gasteiger partial charge on any atom is 0.264 e. The highest BCUT2D eigenvalue weighted by Gasteiger charge is 2.35. The molecule has 0 saturated heterocycles. The Bertz CT molecular complexity index is 1560. The van der Waals surface area contributed by atoms with Crippen molar-refractivity contribution in [2.75, 3.05) is 18.0 Å². The Labute approximate surface area is 270 Å². The van der Waals surface area contributed by atoms with Gasteiger partial charge in [-0.2, -0.15) is 0 Å². The summed E-state index contributed by atoms with van der Waals surface area (Å²) in [6.45, 7) is 3.13. The molecule has 0 radical (unpaired) electrons. The first-order valence-corrected chi connectivity index (χ1v) is 17.0. The highest BCUT2D eigenvalue weighted by Crippen LogP contribution is 2.29. The summed E-state index contributed by atoms with van der Waals surface area (Å²) in [5, 5.41) is 3.92. The summed E-state index contributed by atoms with van der Waals surface area (Å²) >= 11 is 12.7. The normalized spacial score (nSPS) is 14.5. The number of methoxy groups -OCH3 is 1. The molecule has 4 rings (SSSR count). The van der Waals surface area contributed by atoms with Crippen molar-refractivity contribution in [1.82, 2.24) is 10.2 Å². The first-order chi connectivity index (χ1) is 21.0. The van der Waals surface area contributed by atoms with Gasteiger partial charge in [0, 0.05) is 28.7 Å². The molecule has 0 spiro atoms. The Morgan fingerprint density at radius 3 is 2.34 bits per heavy atom. The summed E-state index contributed by atoms with van der Waals surface area (Å²) in [7, 11) is -2.72. The molecule has 2 amide bonds. The number of nitrogens with zero attached hydrogens (tertiary/aromatic N) is 2. The minimum Gasteiger partial charge on any atom is -0.497 e. The number of sulfonamides is 1. The zero-order valence-corrected chi connectivity index (χ0v) is 27.6. The molecule has 236 valence electrons. The number of aryl methyl sites for hydroxylation is 1. The number of ether oxygens (including phenoxy) is 1. The number of rotatable bonds is 12. The third-order valence-electron chi connectivity index (χ3n) is 7.92. The molecular weight excluding hydrogens is 621 g/mol. The van der Waals surface area contributed by atoms with Crippen LogP contribution in [0.4, 0.5) is 5.69 Å². The Morgan fingerprint density at radius 2 is 1.70 bits per heavy atom. The van der Waals surface area contributed by atoms with Crippen LogP contribution in [0.5, 0.6) is 5.75 Å². The van der Waals surface area contributed by atoms with Crippen LogP contribution in [0, 0.1) is 6.92 Å². The second kappa shape index (κ2) is 15.1. The fraction of sp³-hybridized carbons (Fsp3) is 0.394. The third-order valence-corrected chi connectivity index (χ3v) is 10.3. The van der Waals surface area contributed by atoms with E-state index < -0.39 is 28.5 Å². The molecule has 3 aromatic carbocycles. The molecule has 1 saturated carbocycles. The van der Waals surface area contributed by atoms with Gasteiger partial charge in [0.1, 0.15) is 18.3 Å². The van der Waals surface area contributed by atoms with Gasteiger partial charge in [-0.25, -0.2) is 8.42 Å². The number of halogens is 2. The fourth-order valence-electron chi connectivity index (χ4n) is 5.43. The zero-order chi connectivity index (χ0) is 31.9. The van der Waals surface area contributed by atoms with Gasteiger partial charge < -0.3 is 15.0 Å². The largest absolute Gasteiger partial charge is 0.497 e. The van der Waals surface area contributed by atoms with E-state index in [1.54, 1.807) is 54.6 Å². The molecule has 44 heavy (non-hydrogen) atoms. The lowest BCUT2D eigenvalue weighted by atomic mass is 9.95.